The Bertz CT molecular complexity index is 479. The average molecular weight is 244 g/mol. The number of carbonyl (C=O) groups is 1. The first-order valence-corrected chi connectivity index (χ1v) is 6.84. The summed E-state index contributed by atoms with van der Waals surface area (Å²) in [5.41, 5.74) is 1.88. The standard InChI is InChI=1S/C15H20N2O/c1-3-15(17-10-6-7-11-17)12-8-4-5-9-13(12)16(2)14(15)18/h4-5,8-9H,3,6-7,10-11H2,1-2H3. The van der Waals surface area contributed by atoms with Crippen LogP contribution in [-0.4, -0.2) is 30.9 Å². The van der Waals surface area contributed by atoms with Crippen molar-refractivity contribution in [2.75, 3.05) is 25.0 Å². The summed E-state index contributed by atoms with van der Waals surface area (Å²) in [4.78, 5) is 17.0. The van der Waals surface area contributed by atoms with Crippen molar-refractivity contribution >= 4 is 11.6 Å². The maximum Gasteiger partial charge on any atom is 0.251 e. The lowest BCUT2D eigenvalue weighted by Crippen LogP contribution is -2.51. The van der Waals surface area contributed by atoms with Crippen molar-refractivity contribution < 1.29 is 4.79 Å². The van der Waals surface area contributed by atoms with Gasteiger partial charge in [-0.05, 0) is 38.4 Å². The number of fused-ring (bicyclic) bond motifs is 1. The van der Waals surface area contributed by atoms with Gasteiger partial charge in [0.25, 0.3) is 5.91 Å². The highest BCUT2D eigenvalue weighted by molar-refractivity contribution is 6.07. The summed E-state index contributed by atoms with van der Waals surface area (Å²) >= 11 is 0. The van der Waals surface area contributed by atoms with Crippen LogP contribution < -0.4 is 4.90 Å². The number of rotatable bonds is 2. The van der Waals surface area contributed by atoms with Crippen molar-refractivity contribution in [3.63, 3.8) is 0 Å². The van der Waals surface area contributed by atoms with Crippen molar-refractivity contribution in [3.8, 4) is 0 Å². The molecule has 2 heterocycles. The van der Waals surface area contributed by atoms with Crippen molar-refractivity contribution in [3.05, 3.63) is 29.8 Å². The Kier molecular flexibility index (Phi) is 2.67. The Morgan fingerprint density at radius 2 is 1.89 bits per heavy atom. The Balaban J connectivity index is 2.16. The van der Waals surface area contributed by atoms with Crippen LogP contribution in [0, 0.1) is 0 Å². The summed E-state index contributed by atoms with van der Waals surface area (Å²) in [6, 6.07) is 8.24. The Hall–Kier alpha value is -1.35. The molecule has 2 aliphatic rings. The topological polar surface area (TPSA) is 23.6 Å². The quantitative estimate of drug-likeness (QED) is 0.797. The van der Waals surface area contributed by atoms with Crippen molar-refractivity contribution in [2.45, 2.75) is 31.7 Å². The van der Waals surface area contributed by atoms with E-state index in [1.165, 1.54) is 18.4 Å². The summed E-state index contributed by atoms with van der Waals surface area (Å²) in [5, 5.41) is 0. The smallest absolute Gasteiger partial charge is 0.251 e. The lowest BCUT2D eigenvalue weighted by atomic mass is 9.87. The van der Waals surface area contributed by atoms with Gasteiger partial charge in [-0.25, -0.2) is 0 Å². The van der Waals surface area contributed by atoms with E-state index in [0.717, 1.165) is 25.2 Å². The number of benzene rings is 1. The third-order valence-corrected chi connectivity index (χ3v) is 4.53. The van der Waals surface area contributed by atoms with Crippen molar-refractivity contribution in [1.29, 1.82) is 0 Å². The highest BCUT2D eigenvalue weighted by atomic mass is 16.2. The van der Waals surface area contributed by atoms with Gasteiger partial charge in [0.05, 0.1) is 0 Å². The number of likely N-dealkylation sites (tertiary alicyclic amines) is 1. The Morgan fingerprint density at radius 1 is 1.22 bits per heavy atom. The lowest BCUT2D eigenvalue weighted by Gasteiger charge is -2.36. The lowest BCUT2D eigenvalue weighted by molar-refractivity contribution is -0.129. The van der Waals surface area contributed by atoms with Gasteiger partial charge in [-0.3, -0.25) is 9.69 Å². The van der Waals surface area contributed by atoms with Crippen LogP contribution in [0.15, 0.2) is 24.3 Å². The highest BCUT2D eigenvalue weighted by Crippen LogP contribution is 2.46. The summed E-state index contributed by atoms with van der Waals surface area (Å²) in [5.74, 6) is 0.244. The van der Waals surface area contributed by atoms with E-state index in [0.29, 0.717) is 0 Å². The van der Waals surface area contributed by atoms with Crippen LogP contribution >= 0.6 is 0 Å². The molecule has 0 spiro atoms. The molecule has 3 heteroatoms. The van der Waals surface area contributed by atoms with E-state index in [2.05, 4.69) is 24.0 Å². The molecule has 1 unspecified atom stereocenters. The molecule has 96 valence electrons. The second-order valence-electron chi connectivity index (χ2n) is 5.29. The number of nitrogens with zero attached hydrogens (tertiary/aromatic N) is 2. The monoisotopic (exact) mass is 244 g/mol. The van der Waals surface area contributed by atoms with Gasteiger partial charge < -0.3 is 4.90 Å². The zero-order valence-electron chi connectivity index (χ0n) is 11.1. The van der Waals surface area contributed by atoms with Gasteiger partial charge >= 0.3 is 0 Å². The third kappa shape index (κ3) is 1.31. The molecular formula is C15H20N2O. The van der Waals surface area contributed by atoms with E-state index in [1.54, 1.807) is 0 Å². The number of carbonyl (C=O) groups excluding carboxylic acids is 1. The first-order chi connectivity index (χ1) is 8.71. The maximum atomic E-state index is 12.8. The summed E-state index contributed by atoms with van der Waals surface area (Å²) < 4.78 is 0. The van der Waals surface area contributed by atoms with Gasteiger partial charge in [0.1, 0.15) is 5.54 Å². The number of anilines is 1. The van der Waals surface area contributed by atoms with Crippen LogP contribution in [0.2, 0.25) is 0 Å². The fourth-order valence-electron chi connectivity index (χ4n) is 3.59. The molecular weight excluding hydrogens is 224 g/mol. The van der Waals surface area contributed by atoms with Gasteiger partial charge in [-0.15, -0.1) is 0 Å². The molecule has 18 heavy (non-hydrogen) atoms. The predicted molar refractivity (Wildman–Crippen MR) is 72.6 cm³/mol. The van der Waals surface area contributed by atoms with Crippen LogP contribution in [0.25, 0.3) is 0 Å². The Labute approximate surface area is 108 Å². The molecule has 1 saturated heterocycles. The van der Waals surface area contributed by atoms with Gasteiger partial charge in [0.2, 0.25) is 0 Å². The number of amides is 1. The minimum Gasteiger partial charge on any atom is -0.313 e. The van der Waals surface area contributed by atoms with E-state index in [4.69, 9.17) is 0 Å². The van der Waals surface area contributed by atoms with E-state index >= 15 is 0 Å². The number of hydrogen-bond donors (Lipinski definition) is 0. The fourth-order valence-corrected chi connectivity index (χ4v) is 3.59. The van der Waals surface area contributed by atoms with Crippen molar-refractivity contribution in [1.82, 2.24) is 4.90 Å². The SMILES string of the molecule is CCC1(N2CCCC2)C(=O)N(C)c2ccccc21. The summed E-state index contributed by atoms with van der Waals surface area (Å²) in [6.07, 6.45) is 3.27. The van der Waals surface area contributed by atoms with Crippen LogP contribution in [0.1, 0.15) is 31.7 Å². The molecule has 1 aromatic rings. The van der Waals surface area contributed by atoms with E-state index < -0.39 is 5.54 Å². The van der Waals surface area contributed by atoms with Gasteiger partial charge in [0, 0.05) is 18.3 Å². The molecule has 1 aromatic carbocycles. The highest BCUT2D eigenvalue weighted by Gasteiger charge is 2.52. The minimum atomic E-state index is -0.401. The molecule has 1 amide bonds. The number of para-hydroxylation sites is 1. The van der Waals surface area contributed by atoms with Crippen LogP contribution in [0.5, 0.6) is 0 Å². The average Bonchev–Trinajstić information content (AvgIpc) is 3.00. The minimum absolute atomic E-state index is 0.244. The molecule has 0 aromatic heterocycles. The molecule has 1 fully saturated rings. The number of likely N-dealkylation sites (N-methyl/N-ethyl adjacent to an activating group) is 1. The molecule has 0 saturated carbocycles. The zero-order valence-corrected chi connectivity index (χ0v) is 11.1. The molecule has 1 atom stereocenters. The van der Waals surface area contributed by atoms with Gasteiger partial charge in [-0.1, -0.05) is 25.1 Å². The summed E-state index contributed by atoms with van der Waals surface area (Å²) in [7, 11) is 1.90. The molecule has 0 bridgehead atoms. The first kappa shape index (κ1) is 11.7. The largest absolute Gasteiger partial charge is 0.313 e. The molecule has 0 N–H and O–H groups in total. The first-order valence-electron chi connectivity index (χ1n) is 6.84. The molecule has 0 radical (unpaired) electrons. The second kappa shape index (κ2) is 4.09. The molecule has 2 aliphatic heterocycles. The second-order valence-corrected chi connectivity index (χ2v) is 5.29. The van der Waals surface area contributed by atoms with E-state index in [1.807, 2.05) is 24.1 Å². The maximum absolute atomic E-state index is 12.8. The number of hydrogen-bond acceptors (Lipinski definition) is 2. The normalized spacial score (nSPS) is 27.9. The molecule has 3 nitrogen and oxygen atoms in total. The fraction of sp³-hybridized carbons (Fsp3) is 0.533. The van der Waals surface area contributed by atoms with Crippen LogP contribution in [0.4, 0.5) is 5.69 Å². The van der Waals surface area contributed by atoms with E-state index in [9.17, 15) is 4.79 Å². The molecule has 0 aliphatic carbocycles. The third-order valence-electron chi connectivity index (χ3n) is 4.53. The van der Waals surface area contributed by atoms with Gasteiger partial charge in [0.15, 0.2) is 0 Å². The van der Waals surface area contributed by atoms with Gasteiger partial charge in [-0.2, -0.15) is 0 Å². The van der Waals surface area contributed by atoms with Crippen molar-refractivity contribution in [2.24, 2.45) is 0 Å². The Morgan fingerprint density at radius 3 is 2.56 bits per heavy atom. The van der Waals surface area contributed by atoms with E-state index in [-0.39, 0.29) is 5.91 Å². The molecule has 3 rings (SSSR count). The zero-order chi connectivity index (χ0) is 12.8. The van der Waals surface area contributed by atoms with Crippen LogP contribution in [0.3, 0.4) is 0 Å². The van der Waals surface area contributed by atoms with Crippen LogP contribution in [-0.2, 0) is 10.3 Å². The summed E-state index contributed by atoms with van der Waals surface area (Å²) in [6.45, 7) is 4.22. The predicted octanol–water partition coefficient (Wildman–Crippen LogP) is 2.36.